The molecule has 1 atom stereocenters. The average molecular weight is 284 g/mol. The fraction of sp³-hybridized carbons (Fsp3) is 0.462. The maximum absolute atomic E-state index is 11.8. The molecule has 0 spiro atoms. The molecule has 0 heterocycles. The number of carbonyl (C=O) groups excluding carboxylic acids is 1. The third-order valence-corrected chi connectivity index (χ3v) is 3.43. The van der Waals surface area contributed by atoms with Crippen molar-refractivity contribution in [2.24, 2.45) is 0 Å². The number of aryl methyl sites for hydroxylation is 2. The zero-order chi connectivity index (χ0) is 12.1. The van der Waals surface area contributed by atoms with Crippen LogP contribution in [-0.4, -0.2) is 10.7 Å². The minimum absolute atomic E-state index is 0.0410. The molecule has 0 aliphatic carbocycles. The van der Waals surface area contributed by atoms with Gasteiger partial charge in [0.25, 0.3) is 0 Å². The quantitative estimate of drug-likeness (QED) is 0.837. The van der Waals surface area contributed by atoms with Crippen LogP contribution in [0.25, 0.3) is 0 Å². The summed E-state index contributed by atoms with van der Waals surface area (Å²) in [6.45, 7) is 6.08. The third-order valence-electron chi connectivity index (χ3n) is 2.56. The summed E-state index contributed by atoms with van der Waals surface area (Å²) in [5.41, 5.74) is 3.14. The smallest absolute Gasteiger partial charge is 0.238 e. The van der Waals surface area contributed by atoms with E-state index >= 15 is 0 Å². The van der Waals surface area contributed by atoms with Crippen molar-refractivity contribution in [3.05, 3.63) is 29.3 Å². The Bertz CT molecular complexity index is 356. The summed E-state index contributed by atoms with van der Waals surface area (Å²) in [6.07, 6.45) is 1.85. The molecule has 0 aliphatic rings. The standard InChI is InChI=1S/C13H18BrNO/c1-4-6-11(14)13(16)15-12-9(2)7-5-8-10(12)3/h5,7-8,11H,4,6H2,1-3H3,(H,15,16)/t11-/m1/s1. The van der Waals surface area contributed by atoms with Gasteiger partial charge >= 0.3 is 0 Å². The summed E-state index contributed by atoms with van der Waals surface area (Å²) < 4.78 is 0. The van der Waals surface area contributed by atoms with Gasteiger partial charge in [-0.2, -0.15) is 0 Å². The first-order valence-corrected chi connectivity index (χ1v) is 6.49. The van der Waals surface area contributed by atoms with Gasteiger partial charge in [0.15, 0.2) is 0 Å². The largest absolute Gasteiger partial charge is 0.325 e. The Hall–Kier alpha value is -0.830. The maximum atomic E-state index is 11.8. The lowest BCUT2D eigenvalue weighted by Gasteiger charge is -2.14. The maximum Gasteiger partial charge on any atom is 0.238 e. The van der Waals surface area contributed by atoms with Crippen molar-refractivity contribution in [3.8, 4) is 0 Å². The van der Waals surface area contributed by atoms with Crippen molar-refractivity contribution in [2.75, 3.05) is 5.32 Å². The number of hydrogen-bond acceptors (Lipinski definition) is 1. The number of alkyl halides is 1. The van der Waals surface area contributed by atoms with E-state index in [0.29, 0.717) is 0 Å². The highest BCUT2D eigenvalue weighted by Gasteiger charge is 2.15. The summed E-state index contributed by atoms with van der Waals surface area (Å²) in [6, 6.07) is 6.01. The molecule has 0 saturated heterocycles. The Morgan fingerprint density at radius 3 is 2.44 bits per heavy atom. The van der Waals surface area contributed by atoms with Crippen LogP contribution >= 0.6 is 15.9 Å². The third kappa shape index (κ3) is 3.34. The van der Waals surface area contributed by atoms with Gasteiger partial charge in [-0.1, -0.05) is 47.5 Å². The molecule has 0 aliphatic heterocycles. The second kappa shape index (κ2) is 6.04. The van der Waals surface area contributed by atoms with E-state index in [1.54, 1.807) is 0 Å². The highest BCUT2D eigenvalue weighted by Crippen LogP contribution is 2.21. The van der Waals surface area contributed by atoms with E-state index in [0.717, 1.165) is 29.7 Å². The number of rotatable bonds is 4. The number of halogens is 1. The van der Waals surface area contributed by atoms with Gasteiger partial charge in [0.05, 0.1) is 4.83 Å². The highest BCUT2D eigenvalue weighted by molar-refractivity contribution is 9.10. The van der Waals surface area contributed by atoms with Gasteiger partial charge in [-0.05, 0) is 31.4 Å². The number of anilines is 1. The molecule has 1 aromatic rings. The first-order chi connectivity index (χ1) is 7.56. The number of benzene rings is 1. The number of hydrogen-bond donors (Lipinski definition) is 1. The summed E-state index contributed by atoms with van der Waals surface area (Å²) in [5.74, 6) is 0.0410. The molecule has 88 valence electrons. The van der Waals surface area contributed by atoms with Crippen LogP contribution in [0.1, 0.15) is 30.9 Å². The van der Waals surface area contributed by atoms with Crippen LogP contribution in [0.2, 0.25) is 0 Å². The molecule has 2 nitrogen and oxygen atoms in total. The van der Waals surface area contributed by atoms with Crippen molar-refractivity contribution in [1.82, 2.24) is 0 Å². The van der Waals surface area contributed by atoms with Crippen LogP contribution in [0.3, 0.4) is 0 Å². The van der Waals surface area contributed by atoms with Crippen LogP contribution < -0.4 is 5.32 Å². The topological polar surface area (TPSA) is 29.1 Å². The lowest BCUT2D eigenvalue weighted by atomic mass is 10.1. The zero-order valence-corrected chi connectivity index (χ0v) is 11.6. The first-order valence-electron chi connectivity index (χ1n) is 5.57. The van der Waals surface area contributed by atoms with Crippen molar-refractivity contribution >= 4 is 27.5 Å². The summed E-state index contributed by atoms with van der Waals surface area (Å²) >= 11 is 3.40. The predicted molar refractivity (Wildman–Crippen MR) is 72.2 cm³/mol. The van der Waals surface area contributed by atoms with E-state index in [-0.39, 0.29) is 10.7 Å². The van der Waals surface area contributed by atoms with E-state index in [2.05, 4.69) is 28.2 Å². The molecule has 3 heteroatoms. The van der Waals surface area contributed by atoms with Crippen molar-refractivity contribution in [2.45, 2.75) is 38.4 Å². The minimum Gasteiger partial charge on any atom is -0.325 e. The van der Waals surface area contributed by atoms with Crippen molar-refractivity contribution < 1.29 is 4.79 Å². The fourth-order valence-electron chi connectivity index (χ4n) is 1.60. The molecule has 1 aromatic carbocycles. The van der Waals surface area contributed by atoms with Gasteiger partial charge in [0.2, 0.25) is 5.91 Å². The molecule has 0 radical (unpaired) electrons. The van der Waals surface area contributed by atoms with E-state index in [9.17, 15) is 4.79 Å². The van der Waals surface area contributed by atoms with Crippen LogP contribution in [0, 0.1) is 13.8 Å². The van der Waals surface area contributed by atoms with Gasteiger partial charge in [0.1, 0.15) is 0 Å². The van der Waals surface area contributed by atoms with Crippen molar-refractivity contribution in [1.29, 1.82) is 0 Å². The van der Waals surface area contributed by atoms with Crippen molar-refractivity contribution in [3.63, 3.8) is 0 Å². The Labute approximate surface area is 106 Å². The molecule has 16 heavy (non-hydrogen) atoms. The average Bonchev–Trinajstić information content (AvgIpc) is 2.23. The molecule has 1 amide bonds. The zero-order valence-electron chi connectivity index (χ0n) is 10.0. The van der Waals surface area contributed by atoms with Gasteiger partial charge in [-0.15, -0.1) is 0 Å². The molecular weight excluding hydrogens is 266 g/mol. The van der Waals surface area contributed by atoms with E-state index in [1.165, 1.54) is 0 Å². The van der Waals surface area contributed by atoms with Crippen LogP contribution in [0.15, 0.2) is 18.2 Å². The Balaban J connectivity index is 2.77. The number of carbonyl (C=O) groups is 1. The minimum atomic E-state index is -0.100. The highest BCUT2D eigenvalue weighted by atomic mass is 79.9. The molecule has 0 bridgehead atoms. The number of amides is 1. The SMILES string of the molecule is CCC[C@@H](Br)C(=O)Nc1c(C)cccc1C. The van der Waals surface area contributed by atoms with Gasteiger partial charge < -0.3 is 5.32 Å². The molecule has 0 unspecified atom stereocenters. The molecule has 1 rings (SSSR count). The molecular formula is C13H18BrNO. The monoisotopic (exact) mass is 283 g/mol. The first kappa shape index (κ1) is 13.2. The lowest BCUT2D eigenvalue weighted by molar-refractivity contribution is -0.115. The van der Waals surface area contributed by atoms with Crippen LogP contribution in [0.5, 0.6) is 0 Å². The van der Waals surface area contributed by atoms with E-state index < -0.39 is 0 Å². The second-order valence-corrected chi connectivity index (χ2v) is 5.12. The Kier molecular flexibility index (Phi) is 5.00. The van der Waals surface area contributed by atoms with Crippen LogP contribution in [-0.2, 0) is 4.79 Å². The fourth-order valence-corrected chi connectivity index (χ4v) is 2.17. The summed E-state index contributed by atoms with van der Waals surface area (Å²) in [5, 5.41) is 2.98. The summed E-state index contributed by atoms with van der Waals surface area (Å²) in [4.78, 5) is 11.7. The van der Waals surface area contributed by atoms with Gasteiger partial charge in [-0.25, -0.2) is 0 Å². The van der Waals surface area contributed by atoms with Gasteiger partial charge in [0, 0.05) is 5.69 Å². The van der Waals surface area contributed by atoms with Gasteiger partial charge in [-0.3, -0.25) is 4.79 Å². The molecule has 1 N–H and O–H groups in total. The predicted octanol–water partition coefficient (Wildman–Crippen LogP) is 3.81. The Morgan fingerprint density at radius 2 is 1.94 bits per heavy atom. The number of para-hydroxylation sites is 1. The van der Waals surface area contributed by atoms with E-state index in [4.69, 9.17) is 0 Å². The van der Waals surface area contributed by atoms with Crippen LogP contribution in [0.4, 0.5) is 5.69 Å². The molecule has 0 saturated carbocycles. The Morgan fingerprint density at radius 1 is 1.38 bits per heavy atom. The molecule has 0 aromatic heterocycles. The normalized spacial score (nSPS) is 12.2. The number of nitrogens with one attached hydrogen (secondary N) is 1. The summed E-state index contributed by atoms with van der Waals surface area (Å²) in [7, 11) is 0. The molecule has 0 fully saturated rings. The van der Waals surface area contributed by atoms with E-state index in [1.807, 2.05) is 32.0 Å². The second-order valence-electron chi connectivity index (χ2n) is 4.01. The lowest BCUT2D eigenvalue weighted by Crippen LogP contribution is -2.23.